The number of hydrazine groups is 1. The van der Waals surface area contributed by atoms with Gasteiger partial charge in [-0.1, -0.05) is 31.2 Å². The smallest absolute Gasteiger partial charge is 0.106 e. The van der Waals surface area contributed by atoms with E-state index in [-0.39, 0.29) is 6.04 Å². The lowest BCUT2D eigenvalue weighted by molar-refractivity contribution is 0.495. The predicted octanol–water partition coefficient (Wildman–Crippen LogP) is 3.01. The fourth-order valence-electron chi connectivity index (χ4n) is 2.25. The van der Waals surface area contributed by atoms with Crippen molar-refractivity contribution in [2.75, 3.05) is 0 Å². The molecule has 1 atom stereocenters. The van der Waals surface area contributed by atoms with Crippen LogP contribution in [0.5, 0.6) is 0 Å². The number of hydrogen-bond acceptors (Lipinski definition) is 3. The molecule has 0 aliphatic rings. The maximum Gasteiger partial charge on any atom is 0.106 e. The molecule has 0 saturated carbocycles. The molecule has 1 aromatic heterocycles. The fourth-order valence-corrected chi connectivity index (χ4v) is 2.25. The largest absolute Gasteiger partial charge is 0.466 e. The Labute approximate surface area is 108 Å². The molecule has 0 spiro atoms. The molecule has 0 saturated heterocycles. The van der Waals surface area contributed by atoms with Gasteiger partial charge in [0.25, 0.3) is 0 Å². The Balaban J connectivity index is 2.35. The van der Waals surface area contributed by atoms with Gasteiger partial charge in [0.2, 0.25) is 0 Å². The summed E-state index contributed by atoms with van der Waals surface area (Å²) in [6.45, 7) is 6.06. The van der Waals surface area contributed by atoms with Crippen LogP contribution in [0.3, 0.4) is 0 Å². The van der Waals surface area contributed by atoms with Crippen molar-refractivity contribution >= 4 is 0 Å². The topological polar surface area (TPSA) is 51.2 Å². The molecule has 0 aliphatic heterocycles. The number of furan rings is 1. The van der Waals surface area contributed by atoms with Crippen LogP contribution in [0.1, 0.15) is 41.2 Å². The Kier molecular flexibility index (Phi) is 3.84. The van der Waals surface area contributed by atoms with E-state index in [0.29, 0.717) is 0 Å². The molecule has 0 radical (unpaired) electrons. The summed E-state index contributed by atoms with van der Waals surface area (Å²) >= 11 is 0. The van der Waals surface area contributed by atoms with E-state index < -0.39 is 0 Å². The molecule has 3 heteroatoms. The van der Waals surface area contributed by atoms with Crippen LogP contribution in [0.2, 0.25) is 0 Å². The summed E-state index contributed by atoms with van der Waals surface area (Å²) in [4.78, 5) is 0. The van der Waals surface area contributed by atoms with Gasteiger partial charge in [0.05, 0.1) is 6.04 Å². The highest BCUT2D eigenvalue weighted by Crippen LogP contribution is 2.27. The quantitative estimate of drug-likeness (QED) is 0.642. The van der Waals surface area contributed by atoms with E-state index in [0.717, 1.165) is 29.1 Å². The molecular weight excluding hydrogens is 224 g/mol. The Morgan fingerprint density at radius 2 is 1.89 bits per heavy atom. The van der Waals surface area contributed by atoms with Gasteiger partial charge in [-0.15, -0.1) is 0 Å². The Morgan fingerprint density at radius 1 is 1.22 bits per heavy atom. The number of rotatable bonds is 4. The summed E-state index contributed by atoms with van der Waals surface area (Å²) in [5, 5.41) is 0. The summed E-state index contributed by atoms with van der Waals surface area (Å²) < 4.78 is 5.57. The lowest BCUT2D eigenvalue weighted by Crippen LogP contribution is -2.29. The molecule has 0 amide bonds. The fraction of sp³-hybridized carbons (Fsp3) is 0.333. The SMILES string of the molecule is CCc1ccc(C(NN)c2cc(C)oc2C)cc1. The number of nitrogens with two attached hydrogens (primary N) is 1. The third-order valence-corrected chi connectivity index (χ3v) is 3.28. The highest BCUT2D eigenvalue weighted by molar-refractivity contribution is 5.35. The van der Waals surface area contributed by atoms with E-state index in [1.165, 1.54) is 5.56 Å². The van der Waals surface area contributed by atoms with Crippen LogP contribution in [0, 0.1) is 13.8 Å². The van der Waals surface area contributed by atoms with Crippen molar-refractivity contribution in [1.82, 2.24) is 5.43 Å². The van der Waals surface area contributed by atoms with E-state index in [1.54, 1.807) is 0 Å². The second kappa shape index (κ2) is 5.38. The predicted molar refractivity (Wildman–Crippen MR) is 73.2 cm³/mol. The summed E-state index contributed by atoms with van der Waals surface area (Å²) in [6, 6.07) is 10.5. The van der Waals surface area contributed by atoms with Crippen LogP contribution in [0.25, 0.3) is 0 Å². The number of hydrogen-bond donors (Lipinski definition) is 2. The zero-order chi connectivity index (χ0) is 13.1. The molecule has 2 rings (SSSR count). The molecule has 0 bridgehead atoms. The van der Waals surface area contributed by atoms with Crippen LogP contribution in [0.4, 0.5) is 0 Å². The van der Waals surface area contributed by atoms with Crippen LogP contribution in [-0.4, -0.2) is 0 Å². The van der Waals surface area contributed by atoms with Crippen molar-refractivity contribution in [3.05, 3.63) is 58.5 Å². The minimum atomic E-state index is -0.0200. The molecule has 18 heavy (non-hydrogen) atoms. The van der Waals surface area contributed by atoms with Gasteiger partial charge in [0.15, 0.2) is 0 Å². The van der Waals surface area contributed by atoms with Gasteiger partial charge in [-0.05, 0) is 37.5 Å². The highest BCUT2D eigenvalue weighted by atomic mass is 16.3. The van der Waals surface area contributed by atoms with E-state index in [1.807, 2.05) is 19.9 Å². The van der Waals surface area contributed by atoms with Gasteiger partial charge in [0.1, 0.15) is 11.5 Å². The standard InChI is InChI=1S/C15H20N2O/c1-4-12-5-7-13(8-6-12)15(17-16)14-9-10(2)18-11(14)3/h5-9,15,17H,4,16H2,1-3H3. The maximum absolute atomic E-state index is 5.69. The van der Waals surface area contributed by atoms with Crippen LogP contribution in [0.15, 0.2) is 34.7 Å². The zero-order valence-electron chi connectivity index (χ0n) is 11.2. The van der Waals surface area contributed by atoms with Crippen molar-refractivity contribution < 1.29 is 4.42 Å². The molecule has 0 fully saturated rings. The summed E-state index contributed by atoms with van der Waals surface area (Å²) in [6.07, 6.45) is 1.05. The van der Waals surface area contributed by atoms with Gasteiger partial charge in [-0.3, -0.25) is 5.84 Å². The van der Waals surface area contributed by atoms with Crippen molar-refractivity contribution in [2.24, 2.45) is 5.84 Å². The summed E-state index contributed by atoms with van der Waals surface area (Å²) in [5.41, 5.74) is 6.44. The minimum absolute atomic E-state index is 0.0200. The zero-order valence-corrected chi connectivity index (χ0v) is 11.2. The summed E-state index contributed by atoms with van der Waals surface area (Å²) in [7, 11) is 0. The first-order valence-electron chi connectivity index (χ1n) is 6.27. The van der Waals surface area contributed by atoms with E-state index in [9.17, 15) is 0 Å². The van der Waals surface area contributed by atoms with E-state index in [2.05, 4.69) is 36.6 Å². The van der Waals surface area contributed by atoms with E-state index >= 15 is 0 Å². The number of aryl methyl sites for hydroxylation is 3. The molecule has 1 aromatic carbocycles. The van der Waals surface area contributed by atoms with Gasteiger partial charge >= 0.3 is 0 Å². The van der Waals surface area contributed by atoms with E-state index in [4.69, 9.17) is 10.3 Å². The lowest BCUT2D eigenvalue weighted by atomic mass is 9.98. The summed E-state index contributed by atoms with van der Waals surface area (Å²) in [5.74, 6) is 7.52. The highest BCUT2D eigenvalue weighted by Gasteiger charge is 2.17. The van der Waals surface area contributed by atoms with Crippen molar-refractivity contribution in [3.63, 3.8) is 0 Å². The maximum atomic E-state index is 5.69. The van der Waals surface area contributed by atoms with Crippen molar-refractivity contribution in [1.29, 1.82) is 0 Å². The second-order valence-electron chi connectivity index (χ2n) is 4.56. The Hall–Kier alpha value is -1.58. The monoisotopic (exact) mass is 244 g/mol. The molecule has 2 aromatic rings. The molecule has 96 valence electrons. The first-order valence-corrected chi connectivity index (χ1v) is 6.27. The molecular formula is C15H20N2O. The number of benzene rings is 1. The normalized spacial score (nSPS) is 12.7. The Morgan fingerprint density at radius 3 is 2.33 bits per heavy atom. The molecule has 0 aliphatic carbocycles. The van der Waals surface area contributed by atoms with Gasteiger partial charge < -0.3 is 4.42 Å². The third kappa shape index (κ3) is 2.47. The molecule has 1 unspecified atom stereocenters. The average Bonchev–Trinajstić information content (AvgIpc) is 2.70. The Bertz CT molecular complexity index is 514. The second-order valence-corrected chi connectivity index (χ2v) is 4.56. The molecule has 3 nitrogen and oxygen atoms in total. The number of nitrogens with one attached hydrogen (secondary N) is 1. The van der Waals surface area contributed by atoms with Crippen molar-refractivity contribution in [3.8, 4) is 0 Å². The average molecular weight is 244 g/mol. The van der Waals surface area contributed by atoms with Crippen LogP contribution < -0.4 is 11.3 Å². The molecule has 1 heterocycles. The first kappa shape index (κ1) is 12.9. The minimum Gasteiger partial charge on any atom is -0.466 e. The van der Waals surface area contributed by atoms with Crippen LogP contribution in [-0.2, 0) is 6.42 Å². The third-order valence-electron chi connectivity index (χ3n) is 3.28. The molecule has 3 N–H and O–H groups in total. The van der Waals surface area contributed by atoms with Crippen molar-refractivity contribution in [2.45, 2.75) is 33.2 Å². The first-order chi connectivity index (χ1) is 8.65. The van der Waals surface area contributed by atoms with Gasteiger partial charge in [0, 0.05) is 5.56 Å². The van der Waals surface area contributed by atoms with Gasteiger partial charge in [-0.2, -0.15) is 0 Å². The van der Waals surface area contributed by atoms with Crippen LogP contribution >= 0.6 is 0 Å². The lowest BCUT2D eigenvalue weighted by Gasteiger charge is -2.16. The van der Waals surface area contributed by atoms with Gasteiger partial charge in [-0.25, -0.2) is 5.43 Å².